The lowest BCUT2D eigenvalue weighted by Gasteiger charge is -2.31. The van der Waals surface area contributed by atoms with Crippen LogP contribution in [-0.4, -0.2) is 62.6 Å². The van der Waals surface area contributed by atoms with Crippen LogP contribution in [0.2, 0.25) is 0 Å². The number of ether oxygens (including phenoxy) is 1. The highest BCUT2D eigenvalue weighted by Gasteiger charge is 2.55. The van der Waals surface area contributed by atoms with Crippen LogP contribution in [-0.2, 0) is 26.1 Å². The zero-order valence-corrected chi connectivity index (χ0v) is 15.6. The number of sulfonamides is 1. The Hall–Kier alpha value is -1.38. The Labute approximate surface area is 149 Å². The summed E-state index contributed by atoms with van der Waals surface area (Å²) in [6.45, 7) is 5.00. The molecular formula is C17H26N2O5S. The summed E-state index contributed by atoms with van der Waals surface area (Å²) >= 11 is 0. The molecule has 0 bridgehead atoms. The second kappa shape index (κ2) is 7.09. The number of rotatable bonds is 5. The largest absolute Gasteiger partial charge is 0.472 e. The number of hydrogen-bond acceptors (Lipinski definition) is 6. The summed E-state index contributed by atoms with van der Waals surface area (Å²) in [5, 5.41) is 0. The molecule has 0 N–H and O–H groups in total. The maximum absolute atomic E-state index is 12.8. The first-order valence-electron chi connectivity index (χ1n) is 8.71. The van der Waals surface area contributed by atoms with Crippen LogP contribution in [0.5, 0.6) is 0 Å². The quantitative estimate of drug-likeness (QED) is 0.727. The molecule has 25 heavy (non-hydrogen) atoms. The standard InChI is InChI=1S/C17H26N2O5S/c1-3-24-16(20)17-6-4-7-18(9-14-5-8-23-12-14)10-15(17)11-19(13-17)25(2,21)22/h5,8,12,15H,3-4,6-7,9-11,13H2,1-2H3/t15-,17-/m1/s1. The summed E-state index contributed by atoms with van der Waals surface area (Å²) in [6.07, 6.45) is 6.08. The van der Waals surface area contributed by atoms with E-state index in [-0.39, 0.29) is 18.4 Å². The number of hydrogen-bond donors (Lipinski definition) is 0. The second-order valence-corrected chi connectivity index (χ2v) is 9.08. The van der Waals surface area contributed by atoms with Crippen molar-refractivity contribution in [2.24, 2.45) is 11.3 Å². The smallest absolute Gasteiger partial charge is 0.313 e. The molecule has 0 aliphatic carbocycles. The lowest BCUT2D eigenvalue weighted by atomic mass is 9.75. The second-order valence-electron chi connectivity index (χ2n) is 7.10. The molecule has 8 heteroatoms. The Morgan fingerprint density at radius 2 is 2.24 bits per heavy atom. The van der Waals surface area contributed by atoms with E-state index >= 15 is 0 Å². The monoisotopic (exact) mass is 370 g/mol. The molecule has 2 aliphatic rings. The molecule has 7 nitrogen and oxygen atoms in total. The molecule has 140 valence electrons. The highest BCUT2D eigenvalue weighted by Crippen LogP contribution is 2.44. The molecule has 2 aliphatic heterocycles. The van der Waals surface area contributed by atoms with Gasteiger partial charge in [0.05, 0.1) is 30.8 Å². The van der Waals surface area contributed by atoms with Gasteiger partial charge in [0, 0.05) is 37.7 Å². The summed E-state index contributed by atoms with van der Waals surface area (Å²) in [7, 11) is -3.33. The number of carbonyl (C=O) groups excluding carboxylic acids is 1. The first-order chi connectivity index (χ1) is 11.8. The fraction of sp³-hybridized carbons (Fsp3) is 0.706. The van der Waals surface area contributed by atoms with Gasteiger partial charge in [-0.25, -0.2) is 12.7 Å². The molecule has 1 aromatic heterocycles. The molecule has 3 heterocycles. The van der Waals surface area contributed by atoms with Crippen molar-refractivity contribution >= 4 is 16.0 Å². The molecule has 0 aromatic carbocycles. The SMILES string of the molecule is CCOC(=O)[C@@]12CCCN(Cc3ccoc3)C[C@@H]1CN(S(C)(=O)=O)C2. The average Bonchev–Trinajstić information content (AvgIpc) is 3.13. The predicted molar refractivity (Wildman–Crippen MR) is 92.2 cm³/mol. The van der Waals surface area contributed by atoms with Crippen LogP contribution in [0.4, 0.5) is 0 Å². The van der Waals surface area contributed by atoms with Gasteiger partial charge in [0.25, 0.3) is 0 Å². The summed E-state index contributed by atoms with van der Waals surface area (Å²) in [5.74, 6) is -0.313. The lowest BCUT2D eigenvalue weighted by Crippen LogP contribution is -2.42. The van der Waals surface area contributed by atoms with Crippen LogP contribution in [0.1, 0.15) is 25.3 Å². The Kier molecular flexibility index (Phi) is 5.22. The minimum absolute atomic E-state index is 0.0596. The molecule has 0 radical (unpaired) electrons. The number of esters is 1. The number of nitrogens with zero attached hydrogens (tertiary/aromatic N) is 2. The Morgan fingerprint density at radius 3 is 2.88 bits per heavy atom. The van der Waals surface area contributed by atoms with Crippen LogP contribution in [0.25, 0.3) is 0 Å². The fourth-order valence-corrected chi connectivity index (χ4v) is 5.03. The maximum atomic E-state index is 12.8. The first kappa shape index (κ1) is 18.4. The van der Waals surface area contributed by atoms with Gasteiger partial charge in [0.15, 0.2) is 0 Å². The fourth-order valence-electron chi connectivity index (χ4n) is 4.11. The number of likely N-dealkylation sites (tertiary alicyclic amines) is 1. The molecule has 3 rings (SSSR count). The lowest BCUT2D eigenvalue weighted by molar-refractivity contribution is -0.157. The van der Waals surface area contributed by atoms with Crippen LogP contribution < -0.4 is 0 Å². The van der Waals surface area contributed by atoms with Gasteiger partial charge in [-0.3, -0.25) is 9.69 Å². The Bertz CT molecular complexity index is 703. The van der Waals surface area contributed by atoms with Crippen molar-refractivity contribution in [1.82, 2.24) is 9.21 Å². The van der Waals surface area contributed by atoms with Crippen molar-refractivity contribution in [1.29, 1.82) is 0 Å². The highest BCUT2D eigenvalue weighted by atomic mass is 32.2. The Balaban J connectivity index is 1.84. The summed E-state index contributed by atoms with van der Waals surface area (Å²) < 4.78 is 36.1. The van der Waals surface area contributed by atoms with Gasteiger partial charge in [-0.15, -0.1) is 0 Å². The minimum atomic E-state index is -3.33. The van der Waals surface area contributed by atoms with Crippen molar-refractivity contribution < 1.29 is 22.4 Å². The highest BCUT2D eigenvalue weighted by molar-refractivity contribution is 7.88. The van der Waals surface area contributed by atoms with Crippen LogP contribution in [0.3, 0.4) is 0 Å². The van der Waals surface area contributed by atoms with Gasteiger partial charge in [0.1, 0.15) is 0 Å². The van der Waals surface area contributed by atoms with E-state index in [0.29, 0.717) is 26.1 Å². The van der Waals surface area contributed by atoms with E-state index in [4.69, 9.17) is 9.15 Å². The van der Waals surface area contributed by atoms with Gasteiger partial charge in [-0.2, -0.15) is 0 Å². The average molecular weight is 370 g/mol. The predicted octanol–water partition coefficient (Wildman–Crippen LogP) is 1.32. The van der Waals surface area contributed by atoms with Crippen LogP contribution in [0.15, 0.2) is 23.0 Å². The van der Waals surface area contributed by atoms with E-state index in [1.807, 2.05) is 6.07 Å². The topological polar surface area (TPSA) is 80.1 Å². The molecule has 2 atom stereocenters. The van der Waals surface area contributed by atoms with E-state index in [1.54, 1.807) is 19.5 Å². The minimum Gasteiger partial charge on any atom is -0.472 e. The van der Waals surface area contributed by atoms with Gasteiger partial charge in [-0.05, 0) is 32.4 Å². The molecule has 1 aromatic rings. The first-order valence-corrected chi connectivity index (χ1v) is 10.6. The molecule has 2 fully saturated rings. The van der Waals surface area contributed by atoms with Crippen LogP contribution in [0, 0.1) is 11.3 Å². The Morgan fingerprint density at radius 1 is 1.44 bits per heavy atom. The number of furan rings is 1. The third-order valence-electron chi connectivity index (χ3n) is 5.38. The van der Waals surface area contributed by atoms with Crippen LogP contribution >= 0.6 is 0 Å². The van der Waals surface area contributed by atoms with Crippen molar-refractivity contribution in [2.75, 3.05) is 39.0 Å². The van der Waals surface area contributed by atoms with Crippen molar-refractivity contribution in [3.63, 3.8) is 0 Å². The van der Waals surface area contributed by atoms with E-state index < -0.39 is 15.4 Å². The number of carbonyl (C=O) groups is 1. The number of fused-ring (bicyclic) bond motifs is 1. The maximum Gasteiger partial charge on any atom is 0.313 e. The van der Waals surface area contributed by atoms with Crippen molar-refractivity contribution in [2.45, 2.75) is 26.3 Å². The van der Waals surface area contributed by atoms with E-state index in [9.17, 15) is 13.2 Å². The molecule has 0 spiro atoms. The normalized spacial score (nSPS) is 28.5. The molecule has 0 amide bonds. The molecule has 0 saturated carbocycles. The van der Waals surface area contributed by atoms with Crippen molar-refractivity contribution in [3.05, 3.63) is 24.2 Å². The van der Waals surface area contributed by atoms with Gasteiger partial charge in [-0.1, -0.05) is 0 Å². The summed E-state index contributed by atoms with van der Waals surface area (Å²) in [5.41, 5.74) is 0.353. The third-order valence-corrected chi connectivity index (χ3v) is 6.59. The van der Waals surface area contributed by atoms with Gasteiger partial charge >= 0.3 is 5.97 Å². The van der Waals surface area contributed by atoms with E-state index in [1.165, 1.54) is 10.6 Å². The molecular weight excluding hydrogens is 344 g/mol. The summed E-state index contributed by atoms with van der Waals surface area (Å²) in [4.78, 5) is 15.1. The molecule has 0 unspecified atom stereocenters. The molecule has 2 saturated heterocycles. The van der Waals surface area contributed by atoms with Gasteiger partial charge < -0.3 is 9.15 Å². The summed E-state index contributed by atoms with van der Waals surface area (Å²) in [6, 6.07) is 1.93. The van der Waals surface area contributed by atoms with E-state index in [0.717, 1.165) is 25.1 Å². The van der Waals surface area contributed by atoms with E-state index in [2.05, 4.69) is 4.90 Å². The van der Waals surface area contributed by atoms with Gasteiger partial charge in [0.2, 0.25) is 10.0 Å². The van der Waals surface area contributed by atoms with Crippen molar-refractivity contribution in [3.8, 4) is 0 Å². The zero-order chi connectivity index (χ0) is 18.1. The zero-order valence-electron chi connectivity index (χ0n) is 14.8. The third kappa shape index (κ3) is 3.75.